The highest BCUT2D eigenvalue weighted by atomic mass is 35.5. The van der Waals surface area contributed by atoms with Gasteiger partial charge in [-0.1, -0.05) is 0 Å². The molecule has 60 heavy (non-hydrogen) atoms. The van der Waals surface area contributed by atoms with E-state index in [4.69, 9.17) is 181 Å². The Hall–Kier alpha value is 2.82. The zero-order valence-corrected chi connectivity index (χ0v) is 37.7. The van der Waals surface area contributed by atoms with E-state index in [1.54, 1.807) is 0 Å². The fourth-order valence-corrected chi connectivity index (χ4v) is 0. The number of halogens is 12. The van der Waals surface area contributed by atoms with E-state index >= 15 is 0 Å². The summed E-state index contributed by atoms with van der Waals surface area (Å²) in [5.41, 5.74) is 0. The van der Waals surface area contributed by atoms with Crippen molar-refractivity contribution in [1.82, 2.24) is 0 Å². The Balaban J connectivity index is -0.0000000105. The number of rotatable bonds is 0. The van der Waals surface area contributed by atoms with Gasteiger partial charge < -0.3 is 181 Å². The van der Waals surface area contributed by atoms with Crippen LogP contribution in [0.25, 0.3) is 0 Å². The Morgan fingerprint density at radius 1 is 0.0833 bits per heavy atom. The molecule has 0 aliphatic carbocycles. The highest BCUT2D eigenvalue weighted by Crippen LogP contribution is 1.44. The smallest absolute Gasteiger partial charge is 0.402 e. The Labute approximate surface area is 415 Å². The van der Waals surface area contributed by atoms with Crippen molar-refractivity contribution in [2.45, 2.75) is 0 Å². The zero-order chi connectivity index (χ0) is 42.9. The van der Waals surface area contributed by atoms with Gasteiger partial charge in [0.25, 0.3) is 0 Å². The normalized spacial score (nSPS) is 5.40. The molecule has 0 unspecified atom stereocenters. The SMILES string of the molecule is Cl.Cl.Cl.Cl.Cl.Cl.Cl.Cl.Cl.Cl.Cl.Cl.OB(O)O.OB(O)O.OB(O)O.OB(O)O.OB(O)O.OB(O)O.OB(O)O.OB(O)O.OB(O)O.OB(O)O.OB(O)O.OB(O)O. The topological polar surface area (TPSA) is 728 Å². The van der Waals surface area contributed by atoms with E-state index in [0.29, 0.717) is 0 Å². The van der Waals surface area contributed by atoms with E-state index in [1.807, 2.05) is 0 Å². The summed E-state index contributed by atoms with van der Waals surface area (Å²) in [6.07, 6.45) is 0. The van der Waals surface area contributed by atoms with Crippen molar-refractivity contribution in [2.75, 3.05) is 0 Å². The van der Waals surface area contributed by atoms with Crippen molar-refractivity contribution in [3.05, 3.63) is 0 Å². The Morgan fingerprint density at radius 3 is 0.0833 bits per heavy atom. The highest BCUT2D eigenvalue weighted by Gasteiger charge is 1.96. The molecule has 60 heteroatoms. The zero-order valence-electron chi connectivity index (χ0n) is 27.9. The van der Waals surface area contributed by atoms with Crippen LogP contribution in [0.2, 0.25) is 0 Å². The minimum absolute atomic E-state index is 0. The molecule has 0 aromatic rings. The quantitative estimate of drug-likeness (QED) is 0.100. The first-order chi connectivity index (χ1) is 20.8. The van der Waals surface area contributed by atoms with Crippen LogP contribution in [-0.4, -0.2) is 269 Å². The lowest BCUT2D eigenvalue weighted by atomic mass is 10.3. The molecule has 0 heterocycles. The van der Waals surface area contributed by atoms with E-state index in [-0.39, 0.29) is 149 Å². The molecule has 0 aromatic heterocycles. The van der Waals surface area contributed by atoms with Crippen LogP contribution in [-0.2, 0) is 0 Å². The third kappa shape index (κ3) is 27400. The standard InChI is InChI=1S/12BH3O3.12ClH/c12*2-1(3)4;;;;;;;;;;;;/h12*2-4H;12*1H. The van der Waals surface area contributed by atoms with Crippen molar-refractivity contribution in [2.24, 2.45) is 0 Å². The summed E-state index contributed by atoms with van der Waals surface area (Å²) in [6, 6.07) is 0. The second-order valence-corrected chi connectivity index (χ2v) is 4.16. The first kappa shape index (κ1) is 159. The minimum atomic E-state index is -2.17. The van der Waals surface area contributed by atoms with Crippen LogP contribution in [0, 0.1) is 0 Å². The predicted octanol–water partition coefficient (Wildman–Crippen LogP) is -19.6. The van der Waals surface area contributed by atoms with Crippen molar-refractivity contribution < 1.29 is 181 Å². The van der Waals surface area contributed by atoms with Gasteiger partial charge in [0, 0.05) is 0 Å². The summed E-state index contributed by atoms with van der Waals surface area (Å²) < 4.78 is 0. The Morgan fingerprint density at radius 2 is 0.0833 bits per heavy atom. The molecular formula is H48B12Cl12O36. The largest absolute Gasteiger partial charge is 0.631 e. The van der Waals surface area contributed by atoms with Crippen LogP contribution >= 0.6 is 149 Å². The molecule has 0 rings (SSSR count). The molecule has 0 bridgehead atoms. The van der Waals surface area contributed by atoms with Crippen molar-refractivity contribution in [3.63, 3.8) is 0 Å². The predicted molar refractivity (Wildman–Crippen MR) is 236 cm³/mol. The second-order valence-electron chi connectivity index (χ2n) is 4.16. The molecule has 0 radical (unpaired) electrons. The third-order valence-corrected chi connectivity index (χ3v) is 0. The Bertz CT molecular complexity index is 268. The third-order valence-electron chi connectivity index (χ3n) is 0. The van der Waals surface area contributed by atoms with Crippen molar-refractivity contribution in [1.29, 1.82) is 0 Å². The monoisotopic (exact) mass is 1180 g/mol. The van der Waals surface area contributed by atoms with Crippen LogP contribution in [0.5, 0.6) is 0 Å². The molecule has 0 aliphatic rings. The average Bonchev–Trinajstić information content (AvgIpc) is 2.61. The molecule has 0 fully saturated rings. The van der Waals surface area contributed by atoms with E-state index in [2.05, 4.69) is 0 Å². The van der Waals surface area contributed by atoms with Gasteiger partial charge in [0.05, 0.1) is 0 Å². The lowest BCUT2D eigenvalue weighted by Crippen LogP contribution is -2.07. The second kappa shape index (κ2) is 152. The molecule has 0 aromatic carbocycles. The number of hydrogen-bond donors (Lipinski definition) is 36. The van der Waals surface area contributed by atoms with Crippen LogP contribution in [0.1, 0.15) is 0 Å². The van der Waals surface area contributed by atoms with Crippen molar-refractivity contribution >= 4 is 237 Å². The summed E-state index contributed by atoms with van der Waals surface area (Å²) in [4.78, 5) is 0. The molecule has 0 atom stereocenters. The summed E-state index contributed by atoms with van der Waals surface area (Å²) in [5, 5.41) is 258. The molecule has 0 spiro atoms. The molecule has 0 aliphatic heterocycles. The van der Waals surface area contributed by atoms with E-state index in [1.165, 1.54) is 0 Å². The average molecular weight is 1180 g/mol. The van der Waals surface area contributed by atoms with E-state index in [0.717, 1.165) is 0 Å². The molecular weight excluding hydrogens is 1130 g/mol. The van der Waals surface area contributed by atoms with Crippen molar-refractivity contribution in [3.8, 4) is 0 Å². The molecule has 36 N–H and O–H groups in total. The van der Waals surface area contributed by atoms with Gasteiger partial charge in [-0.05, 0) is 0 Å². The summed E-state index contributed by atoms with van der Waals surface area (Å²) >= 11 is 0. The molecule has 0 saturated heterocycles. The van der Waals surface area contributed by atoms with Gasteiger partial charge in [-0.25, -0.2) is 0 Å². The maximum absolute atomic E-state index is 7.17. The fourth-order valence-electron chi connectivity index (χ4n) is 0. The van der Waals surface area contributed by atoms with Crippen LogP contribution < -0.4 is 0 Å². The number of hydrogen-bond acceptors (Lipinski definition) is 36. The van der Waals surface area contributed by atoms with Crippen LogP contribution in [0.15, 0.2) is 0 Å². The lowest BCUT2D eigenvalue weighted by Gasteiger charge is -1.69. The summed E-state index contributed by atoms with van der Waals surface area (Å²) in [7, 11) is -26.0. The van der Waals surface area contributed by atoms with Crippen LogP contribution in [0.3, 0.4) is 0 Å². The Kier molecular flexibility index (Phi) is 403. The molecule has 0 saturated carbocycles. The maximum Gasteiger partial charge on any atom is 0.631 e. The lowest BCUT2D eigenvalue weighted by molar-refractivity contribution is 0.276. The van der Waals surface area contributed by atoms with Gasteiger partial charge in [0.1, 0.15) is 0 Å². The van der Waals surface area contributed by atoms with Gasteiger partial charge in [-0.15, -0.1) is 149 Å². The van der Waals surface area contributed by atoms with Gasteiger partial charge in [-0.2, -0.15) is 0 Å². The summed E-state index contributed by atoms with van der Waals surface area (Å²) in [6.45, 7) is 0. The maximum atomic E-state index is 7.17. The fraction of sp³-hybridized carbons (Fsp3) is 0. The van der Waals surface area contributed by atoms with Gasteiger partial charge in [0.15, 0.2) is 0 Å². The highest BCUT2D eigenvalue weighted by molar-refractivity contribution is 6.33. The van der Waals surface area contributed by atoms with E-state index in [9.17, 15) is 0 Å². The van der Waals surface area contributed by atoms with Gasteiger partial charge in [0.2, 0.25) is 0 Å². The first-order valence-corrected chi connectivity index (χ1v) is 9.30. The van der Waals surface area contributed by atoms with Gasteiger partial charge in [-0.3, -0.25) is 0 Å². The van der Waals surface area contributed by atoms with Gasteiger partial charge >= 0.3 is 87.9 Å². The first-order valence-electron chi connectivity index (χ1n) is 9.30. The molecule has 384 valence electrons. The van der Waals surface area contributed by atoms with Crippen LogP contribution in [0.4, 0.5) is 0 Å². The van der Waals surface area contributed by atoms with E-state index < -0.39 is 87.9 Å². The minimum Gasteiger partial charge on any atom is -0.402 e. The summed E-state index contributed by atoms with van der Waals surface area (Å²) in [5.74, 6) is 0. The molecule has 36 nitrogen and oxygen atoms in total. The molecule has 0 amide bonds.